The van der Waals surface area contributed by atoms with Crippen molar-refractivity contribution < 1.29 is 8.42 Å². The standard InChI is InChI=1S/C11H15NO2S2/c1-16(13,14)11-6-4-10(5-7-11)15-9-3-2-8-12/h2-7H,8-9,12H2,1H3. The number of rotatable bonds is 5. The van der Waals surface area contributed by atoms with E-state index in [0.717, 1.165) is 10.6 Å². The Labute approximate surface area is 101 Å². The van der Waals surface area contributed by atoms with Crippen molar-refractivity contribution in [2.24, 2.45) is 5.73 Å². The van der Waals surface area contributed by atoms with Gasteiger partial charge in [0.05, 0.1) is 4.90 Å². The molecule has 0 heterocycles. The molecule has 0 bridgehead atoms. The third-order valence-corrected chi connectivity index (χ3v) is 3.99. The zero-order valence-corrected chi connectivity index (χ0v) is 10.7. The molecule has 0 spiro atoms. The van der Waals surface area contributed by atoms with Crippen LogP contribution in [0.2, 0.25) is 0 Å². The molecule has 0 aliphatic rings. The van der Waals surface area contributed by atoms with Crippen LogP contribution in [-0.2, 0) is 9.84 Å². The molecule has 0 radical (unpaired) electrons. The van der Waals surface area contributed by atoms with Crippen molar-refractivity contribution >= 4 is 21.6 Å². The maximum atomic E-state index is 11.2. The van der Waals surface area contributed by atoms with Gasteiger partial charge in [-0.3, -0.25) is 0 Å². The Balaban J connectivity index is 2.62. The van der Waals surface area contributed by atoms with Crippen LogP contribution in [-0.4, -0.2) is 27.0 Å². The largest absolute Gasteiger partial charge is 0.327 e. The molecule has 0 fully saturated rings. The summed E-state index contributed by atoms with van der Waals surface area (Å²) in [5.41, 5.74) is 5.31. The number of nitrogens with two attached hydrogens (primary N) is 1. The van der Waals surface area contributed by atoms with E-state index in [1.54, 1.807) is 23.9 Å². The van der Waals surface area contributed by atoms with Gasteiger partial charge in [0.2, 0.25) is 0 Å². The summed E-state index contributed by atoms with van der Waals surface area (Å²) in [7, 11) is -3.09. The van der Waals surface area contributed by atoms with Gasteiger partial charge in [-0.05, 0) is 24.3 Å². The zero-order valence-electron chi connectivity index (χ0n) is 9.09. The second-order valence-corrected chi connectivity index (χ2v) is 6.37. The molecule has 0 aliphatic heterocycles. The molecule has 1 aromatic rings. The summed E-state index contributed by atoms with van der Waals surface area (Å²) in [6, 6.07) is 6.89. The first-order valence-corrected chi connectivity index (χ1v) is 7.69. The predicted molar refractivity (Wildman–Crippen MR) is 68.5 cm³/mol. The average molecular weight is 257 g/mol. The average Bonchev–Trinajstić information content (AvgIpc) is 2.24. The first-order valence-electron chi connectivity index (χ1n) is 4.82. The van der Waals surface area contributed by atoms with E-state index in [-0.39, 0.29) is 0 Å². The first-order chi connectivity index (χ1) is 7.54. The van der Waals surface area contributed by atoms with Gasteiger partial charge in [-0.1, -0.05) is 12.2 Å². The van der Waals surface area contributed by atoms with Crippen LogP contribution in [0.15, 0.2) is 46.2 Å². The number of hydrogen-bond donors (Lipinski definition) is 1. The van der Waals surface area contributed by atoms with Crippen LogP contribution < -0.4 is 5.73 Å². The zero-order chi connectivity index (χ0) is 12.0. The Bertz CT molecular complexity index is 449. The monoisotopic (exact) mass is 257 g/mol. The highest BCUT2D eigenvalue weighted by atomic mass is 32.2. The van der Waals surface area contributed by atoms with Crippen LogP contribution in [0.25, 0.3) is 0 Å². The van der Waals surface area contributed by atoms with E-state index in [2.05, 4.69) is 0 Å². The molecule has 0 amide bonds. The van der Waals surface area contributed by atoms with Gasteiger partial charge < -0.3 is 5.73 Å². The van der Waals surface area contributed by atoms with E-state index in [1.165, 1.54) is 6.26 Å². The normalized spacial score (nSPS) is 12.1. The van der Waals surface area contributed by atoms with Crippen LogP contribution >= 0.6 is 11.8 Å². The van der Waals surface area contributed by atoms with Crippen molar-refractivity contribution in [1.29, 1.82) is 0 Å². The minimum absolute atomic E-state index is 0.356. The molecule has 0 saturated carbocycles. The third kappa shape index (κ3) is 4.38. The van der Waals surface area contributed by atoms with Crippen molar-refractivity contribution in [3.05, 3.63) is 36.4 Å². The second-order valence-electron chi connectivity index (χ2n) is 3.26. The minimum atomic E-state index is -3.09. The Morgan fingerprint density at radius 3 is 2.38 bits per heavy atom. The van der Waals surface area contributed by atoms with Gasteiger partial charge in [0, 0.05) is 23.4 Å². The maximum Gasteiger partial charge on any atom is 0.175 e. The number of thioether (sulfide) groups is 1. The van der Waals surface area contributed by atoms with Gasteiger partial charge in [0.15, 0.2) is 9.84 Å². The summed E-state index contributed by atoms with van der Waals surface area (Å²) in [5.74, 6) is 0.843. The molecule has 5 heteroatoms. The quantitative estimate of drug-likeness (QED) is 0.644. The molecule has 1 aromatic carbocycles. The Morgan fingerprint density at radius 1 is 1.25 bits per heavy atom. The van der Waals surface area contributed by atoms with Gasteiger partial charge in [-0.25, -0.2) is 8.42 Å². The Morgan fingerprint density at radius 2 is 1.88 bits per heavy atom. The van der Waals surface area contributed by atoms with Gasteiger partial charge in [-0.15, -0.1) is 11.8 Å². The van der Waals surface area contributed by atoms with Crippen molar-refractivity contribution in [3.63, 3.8) is 0 Å². The van der Waals surface area contributed by atoms with Crippen molar-refractivity contribution in [1.82, 2.24) is 0 Å². The van der Waals surface area contributed by atoms with E-state index in [1.807, 2.05) is 24.3 Å². The van der Waals surface area contributed by atoms with Gasteiger partial charge in [0.25, 0.3) is 0 Å². The fourth-order valence-electron chi connectivity index (χ4n) is 1.09. The predicted octanol–water partition coefficient (Wildman–Crippen LogP) is 1.70. The van der Waals surface area contributed by atoms with E-state index >= 15 is 0 Å². The van der Waals surface area contributed by atoms with Crippen molar-refractivity contribution in [2.45, 2.75) is 9.79 Å². The van der Waals surface area contributed by atoms with E-state index < -0.39 is 9.84 Å². The van der Waals surface area contributed by atoms with E-state index in [0.29, 0.717) is 11.4 Å². The van der Waals surface area contributed by atoms with Crippen LogP contribution in [0.4, 0.5) is 0 Å². The van der Waals surface area contributed by atoms with Gasteiger partial charge in [-0.2, -0.15) is 0 Å². The molecule has 0 aromatic heterocycles. The molecule has 88 valence electrons. The number of benzene rings is 1. The highest BCUT2D eigenvalue weighted by molar-refractivity contribution is 7.99. The summed E-state index contributed by atoms with van der Waals surface area (Å²) >= 11 is 1.64. The van der Waals surface area contributed by atoms with Gasteiger partial charge >= 0.3 is 0 Å². The molecular weight excluding hydrogens is 242 g/mol. The summed E-state index contributed by atoms with van der Waals surface area (Å²) in [6.07, 6.45) is 5.10. The molecular formula is C11H15NO2S2. The molecule has 16 heavy (non-hydrogen) atoms. The van der Waals surface area contributed by atoms with Gasteiger partial charge in [0.1, 0.15) is 0 Å². The Kier molecular flexibility index (Phi) is 5.05. The molecule has 3 nitrogen and oxygen atoms in total. The Hall–Kier alpha value is -0.780. The van der Waals surface area contributed by atoms with Crippen molar-refractivity contribution in [3.8, 4) is 0 Å². The highest BCUT2D eigenvalue weighted by Crippen LogP contribution is 2.20. The SMILES string of the molecule is CS(=O)(=O)c1ccc(SCC=CCN)cc1. The lowest BCUT2D eigenvalue weighted by atomic mass is 10.4. The second kappa shape index (κ2) is 6.08. The molecule has 0 saturated heterocycles. The molecule has 0 atom stereocenters. The summed E-state index contributed by atoms with van der Waals surface area (Å²) in [4.78, 5) is 1.41. The lowest BCUT2D eigenvalue weighted by Gasteiger charge is -2.00. The molecule has 0 unspecified atom stereocenters. The lowest BCUT2D eigenvalue weighted by molar-refractivity contribution is 0.602. The molecule has 0 aliphatic carbocycles. The van der Waals surface area contributed by atoms with Crippen LogP contribution in [0.3, 0.4) is 0 Å². The van der Waals surface area contributed by atoms with Crippen LogP contribution in [0, 0.1) is 0 Å². The summed E-state index contributed by atoms with van der Waals surface area (Å²) in [5, 5.41) is 0. The topological polar surface area (TPSA) is 60.2 Å². The number of sulfone groups is 1. The molecule has 1 rings (SSSR count). The highest BCUT2D eigenvalue weighted by Gasteiger charge is 2.05. The maximum absolute atomic E-state index is 11.2. The van der Waals surface area contributed by atoms with Crippen LogP contribution in [0.5, 0.6) is 0 Å². The summed E-state index contributed by atoms with van der Waals surface area (Å²) < 4.78 is 22.4. The molecule has 2 N–H and O–H groups in total. The van der Waals surface area contributed by atoms with E-state index in [9.17, 15) is 8.42 Å². The first kappa shape index (κ1) is 13.3. The fraction of sp³-hybridized carbons (Fsp3) is 0.273. The van der Waals surface area contributed by atoms with Crippen LogP contribution in [0.1, 0.15) is 0 Å². The summed E-state index contributed by atoms with van der Waals surface area (Å²) in [6.45, 7) is 0.549. The smallest absolute Gasteiger partial charge is 0.175 e. The van der Waals surface area contributed by atoms with E-state index in [4.69, 9.17) is 5.73 Å². The lowest BCUT2D eigenvalue weighted by Crippen LogP contribution is -1.96. The minimum Gasteiger partial charge on any atom is -0.327 e. The fourth-order valence-corrected chi connectivity index (χ4v) is 2.48. The number of hydrogen-bond acceptors (Lipinski definition) is 4. The third-order valence-electron chi connectivity index (χ3n) is 1.90. The van der Waals surface area contributed by atoms with Crippen molar-refractivity contribution in [2.75, 3.05) is 18.6 Å².